The number of hydrogen-bond donors (Lipinski definition) is 1. The summed E-state index contributed by atoms with van der Waals surface area (Å²) in [4.78, 5) is 21.9. The van der Waals surface area contributed by atoms with Crippen LogP contribution in [0.1, 0.15) is 22.5 Å². The number of rotatable bonds is 3. The number of halogens is 2. The summed E-state index contributed by atoms with van der Waals surface area (Å²) in [5, 5.41) is 8.75. The van der Waals surface area contributed by atoms with E-state index >= 15 is 0 Å². The molecule has 2 aromatic rings. The smallest absolute Gasteiger partial charge is 0.339 e. The van der Waals surface area contributed by atoms with Crippen molar-refractivity contribution >= 4 is 5.97 Å². The Bertz CT molecular complexity index is 576. The highest BCUT2D eigenvalue weighted by Gasteiger charge is 2.21. The van der Waals surface area contributed by atoms with Gasteiger partial charge in [0.1, 0.15) is 11.3 Å². The second-order valence-electron chi connectivity index (χ2n) is 3.34. The number of carboxylic acids is 1. The Morgan fingerprint density at radius 3 is 2.67 bits per heavy atom. The molecule has 0 saturated heterocycles. The lowest BCUT2D eigenvalue weighted by Gasteiger charge is -2.06. The second kappa shape index (κ2) is 4.82. The molecule has 0 saturated carbocycles. The first-order valence-electron chi connectivity index (χ1n) is 4.88. The van der Waals surface area contributed by atoms with E-state index < -0.39 is 23.7 Å². The summed E-state index contributed by atoms with van der Waals surface area (Å²) in [5.74, 6) is -1.47. The van der Waals surface area contributed by atoms with Gasteiger partial charge in [-0.2, -0.15) is 0 Å². The molecule has 0 spiro atoms. The number of carbonyl (C=O) groups is 1. The SMILES string of the molecule is O=C(O)c1cnc(-c2cccnc2)nc1C(F)F. The number of carboxylic acid groups (broad SMARTS) is 1. The van der Waals surface area contributed by atoms with Gasteiger partial charge in [0, 0.05) is 24.2 Å². The maximum Gasteiger partial charge on any atom is 0.339 e. The van der Waals surface area contributed by atoms with E-state index in [0.29, 0.717) is 5.56 Å². The highest BCUT2D eigenvalue weighted by Crippen LogP contribution is 2.23. The summed E-state index contributed by atoms with van der Waals surface area (Å²) in [5.41, 5.74) is -0.953. The van der Waals surface area contributed by atoms with Crippen LogP contribution in [0.4, 0.5) is 8.78 Å². The minimum atomic E-state index is -2.98. The van der Waals surface area contributed by atoms with Crippen LogP contribution in [0.25, 0.3) is 11.4 Å². The minimum Gasteiger partial charge on any atom is -0.478 e. The van der Waals surface area contributed by atoms with Crippen molar-refractivity contribution in [1.82, 2.24) is 15.0 Å². The van der Waals surface area contributed by atoms with E-state index in [-0.39, 0.29) is 5.82 Å². The van der Waals surface area contributed by atoms with Crippen molar-refractivity contribution < 1.29 is 18.7 Å². The zero-order valence-electron chi connectivity index (χ0n) is 8.92. The van der Waals surface area contributed by atoms with Gasteiger partial charge in [-0.05, 0) is 12.1 Å². The molecule has 0 aliphatic carbocycles. The molecule has 2 rings (SSSR count). The molecule has 0 bridgehead atoms. The molecule has 0 aliphatic rings. The lowest BCUT2D eigenvalue weighted by molar-refractivity contribution is 0.0681. The Balaban J connectivity index is 2.54. The van der Waals surface area contributed by atoms with E-state index in [4.69, 9.17) is 5.11 Å². The van der Waals surface area contributed by atoms with Crippen LogP contribution in [0.15, 0.2) is 30.7 Å². The monoisotopic (exact) mass is 251 g/mol. The third-order valence-corrected chi connectivity index (χ3v) is 2.18. The molecule has 0 amide bonds. The highest BCUT2D eigenvalue weighted by atomic mass is 19.3. The van der Waals surface area contributed by atoms with Crippen molar-refractivity contribution in [3.63, 3.8) is 0 Å². The van der Waals surface area contributed by atoms with E-state index in [1.165, 1.54) is 12.4 Å². The molecule has 0 aromatic carbocycles. The Morgan fingerprint density at radius 1 is 1.33 bits per heavy atom. The van der Waals surface area contributed by atoms with Crippen molar-refractivity contribution in [2.45, 2.75) is 6.43 Å². The summed E-state index contributed by atoms with van der Waals surface area (Å²) in [6.45, 7) is 0. The van der Waals surface area contributed by atoms with Gasteiger partial charge in [-0.25, -0.2) is 23.5 Å². The molecule has 7 heteroatoms. The molecule has 0 aliphatic heterocycles. The van der Waals surface area contributed by atoms with E-state index in [1.54, 1.807) is 12.1 Å². The number of hydrogen-bond acceptors (Lipinski definition) is 4. The number of aromatic nitrogens is 3. The van der Waals surface area contributed by atoms with Crippen LogP contribution < -0.4 is 0 Å². The summed E-state index contributed by atoms with van der Waals surface area (Å²) in [7, 11) is 0. The minimum absolute atomic E-state index is 0.0170. The van der Waals surface area contributed by atoms with Gasteiger partial charge in [0.2, 0.25) is 0 Å². The van der Waals surface area contributed by atoms with Crippen molar-refractivity contribution in [3.05, 3.63) is 42.0 Å². The van der Waals surface area contributed by atoms with Gasteiger partial charge in [0.15, 0.2) is 5.82 Å². The van der Waals surface area contributed by atoms with Crippen molar-refractivity contribution in [2.24, 2.45) is 0 Å². The van der Waals surface area contributed by atoms with Gasteiger partial charge in [0.25, 0.3) is 6.43 Å². The fourth-order valence-electron chi connectivity index (χ4n) is 1.36. The Kier molecular flexibility index (Phi) is 3.22. The molecular formula is C11H7F2N3O2. The molecule has 0 radical (unpaired) electrons. The second-order valence-corrected chi connectivity index (χ2v) is 3.34. The third-order valence-electron chi connectivity index (χ3n) is 2.18. The maximum atomic E-state index is 12.7. The van der Waals surface area contributed by atoms with Crippen LogP contribution in [0, 0.1) is 0 Å². The van der Waals surface area contributed by atoms with E-state index in [1.807, 2.05) is 0 Å². The highest BCUT2D eigenvalue weighted by molar-refractivity contribution is 5.88. The fourth-order valence-corrected chi connectivity index (χ4v) is 1.36. The average Bonchev–Trinajstić information content (AvgIpc) is 2.39. The van der Waals surface area contributed by atoms with Crippen LogP contribution in [0.2, 0.25) is 0 Å². The van der Waals surface area contributed by atoms with Crippen LogP contribution in [-0.4, -0.2) is 26.0 Å². The number of alkyl halides is 2. The van der Waals surface area contributed by atoms with Gasteiger partial charge in [0.05, 0.1) is 0 Å². The predicted molar refractivity (Wildman–Crippen MR) is 57.2 cm³/mol. The van der Waals surface area contributed by atoms with E-state index in [0.717, 1.165) is 6.20 Å². The van der Waals surface area contributed by atoms with E-state index in [9.17, 15) is 13.6 Å². The molecule has 0 atom stereocenters. The third kappa shape index (κ3) is 2.29. The summed E-state index contributed by atoms with van der Waals surface area (Å²) >= 11 is 0. The average molecular weight is 251 g/mol. The van der Waals surface area contributed by atoms with Gasteiger partial charge in [-0.15, -0.1) is 0 Å². The van der Waals surface area contributed by atoms with E-state index in [2.05, 4.69) is 15.0 Å². The van der Waals surface area contributed by atoms with Crippen LogP contribution in [0.5, 0.6) is 0 Å². The molecule has 1 N–H and O–H groups in total. The van der Waals surface area contributed by atoms with Crippen LogP contribution >= 0.6 is 0 Å². The van der Waals surface area contributed by atoms with Crippen LogP contribution in [0.3, 0.4) is 0 Å². The quantitative estimate of drug-likeness (QED) is 0.904. The summed E-state index contributed by atoms with van der Waals surface area (Å²) < 4.78 is 25.4. The molecule has 0 fully saturated rings. The molecular weight excluding hydrogens is 244 g/mol. The zero-order valence-corrected chi connectivity index (χ0v) is 8.92. The Labute approximate surface area is 100 Å². The first kappa shape index (κ1) is 12.0. The topological polar surface area (TPSA) is 76.0 Å². The Morgan fingerprint density at radius 2 is 2.11 bits per heavy atom. The van der Waals surface area contributed by atoms with Gasteiger partial charge in [-0.1, -0.05) is 0 Å². The number of pyridine rings is 1. The number of aromatic carboxylic acids is 1. The van der Waals surface area contributed by atoms with Gasteiger partial charge < -0.3 is 5.11 Å². The molecule has 0 unspecified atom stereocenters. The first-order valence-corrected chi connectivity index (χ1v) is 4.88. The maximum absolute atomic E-state index is 12.7. The normalized spacial score (nSPS) is 10.6. The lowest BCUT2D eigenvalue weighted by atomic mass is 10.2. The van der Waals surface area contributed by atoms with Crippen LogP contribution in [-0.2, 0) is 0 Å². The van der Waals surface area contributed by atoms with Crippen molar-refractivity contribution in [1.29, 1.82) is 0 Å². The lowest BCUT2D eigenvalue weighted by Crippen LogP contribution is -2.08. The summed E-state index contributed by atoms with van der Waals surface area (Å²) in [6, 6.07) is 3.20. The van der Waals surface area contributed by atoms with Gasteiger partial charge >= 0.3 is 5.97 Å². The number of nitrogens with zero attached hydrogens (tertiary/aromatic N) is 3. The largest absolute Gasteiger partial charge is 0.478 e. The van der Waals surface area contributed by atoms with Crippen molar-refractivity contribution in [3.8, 4) is 11.4 Å². The fraction of sp³-hybridized carbons (Fsp3) is 0.0909. The predicted octanol–water partition coefficient (Wildman–Crippen LogP) is 2.17. The van der Waals surface area contributed by atoms with Gasteiger partial charge in [-0.3, -0.25) is 4.98 Å². The van der Waals surface area contributed by atoms with Crippen molar-refractivity contribution in [2.75, 3.05) is 0 Å². The first-order chi connectivity index (χ1) is 8.59. The summed E-state index contributed by atoms with van der Waals surface area (Å²) in [6.07, 6.45) is 0.822. The molecule has 18 heavy (non-hydrogen) atoms. The Hall–Kier alpha value is -2.44. The standard InChI is InChI=1S/C11H7F2N3O2/c12-9(13)8-7(11(17)18)5-15-10(16-8)6-2-1-3-14-4-6/h1-5,9H,(H,17,18). The molecule has 92 valence electrons. The molecule has 2 aromatic heterocycles. The zero-order chi connectivity index (χ0) is 13.1. The molecule has 2 heterocycles. The molecule has 5 nitrogen and oxygen atoms in total.